The van der Waals surface area contributed by atoms with Crippen LogP contribution < -0.4 is 0 Å². The molecule has 2 aliphatic heterocycles. The zero-order valence-electron chi connectivity index (χ0n) is 9.45. The fourth-order valence-corrected chi connectivity index (χ4v) is 2.20. The Hall–Kier alpha value is -1.01. The van der Waals surface area contributed by atoms with Gasteiger partial charge in [-0.15, -0.1) is 0 Å². The molecular weight excluding hydrogens is 222 g/mol. The van der Waals surface area contributed by atoms with Crippen molar-refractivity contribution in [2.45, 2.75) is 18.5 Å². The number of pyridine rings is 1. The first kappa shape index (κ1) is 11.1. The van der Waals surface area contributed by atoms with E-state index in [9.17, 15) is 0 Å². The van der Waals surface area contributed by atoms with Crippen LogP contribution in [0.2, 0.25) is 0 Å². The van der Waals surface area contributed by atoms with Crippen LogP contribution in [0, 0.1) is 0 Å². The van der Waals surface area contributed by atoms with Gasteiger partial charge >= 0.3 is 0 Å². The summed E-state index contributed by atoms with van der Waals surface area (Å²) in [5.74, 6) is -0.0528. The van der Waals surface area contributed by atoms with Gasteiger partial charge < -0.3 is 18.9 Å². The Balaban J connectivity index is 1.84. The molecule has 0 spiro atoms. The van der Waals surface area contributed by atoms with E-state index in [1.54, 1.807) is 12.4 Å². The molecule has 0 bridgehead atoms. The molecule has 0 aromatic carbocycles. The van der Waals surface area contributed by atoms with E-state index in [2.05, 4.69) is 4.98 Å². The van der Waals surface area contributed by atoms with Crippen LogP contribution in [-0.4, -0.2) is 44.0 Å². The highest BCUT2D eigenvalue weighted by Gasteiger charge is 2.38. The summed E-state index contributed by atoms with van der Waals surface area (Å²) in [5, 5.41) is 0. The minimum atomic E-state index is -0.291. The number of rotatable bonds is 3. The lowest BCUT2D eigenvalue weighted by molar-refractivity contribution is -0.145. The molecule has 0 unspecified atom stereocenters. The van der Waals surface area contributed by atoms with Gasteiger partial charge in [0.15, 0.2) is 12.6 Å². The molecule has 5 nitrogen and oxygen atoms in total. The number of hydrogen-bond acceptors (Lipinski definition) is 5. The first-order valence-electron chi connectivity index (χ1n) is 5.81. The van der Waals surface area contributed by atoms with Crippen molar-refractivity contribution in [3.8, 4) is 0 Å². The largest absolute Gasteiger partial charge is 0.349 e. The number of aromatic nitrogens is 1. The lowest BCUT2D eigenvalue weighted by Gasteiger charge is -2.26. The molecule has 3 heterocycles. The molecule has 92 valence electrons. The summed E-state index contributed by atoms with van der Waals surface area (Å²) in [6.45, 7) is 2.50. The molecule has 2 fully saturated rings. The number of ether oxygens (including phenoxy) is 4. The third-order valence-corrected chi connectivity index (χ3v) is 2.97. The van der Waals surface area contributed by atoms with E-state index >= 15 is 0 Å². The highest BCUT2D eigenvalue weighted by atomic mass is 16.7. The van der Waals surface area contributed by atoms with Crippen LogP contribution >= 0.6 is 0 Å². The summed E-state index contributed by atoms with van der Waals surface area (Å²) in [6.07, 6.45) is 2.93. The van der Waals surface area contributed by atoms with Gasteiger partial charge in [0.05, 0.1) is 32.3 Å². The van der Waals surface area contributed by atoms with Gasteiger partial charge in [-0.25, -0.2) is 0 Å². The Bertz CT molecular complexity index is 331. The van der Waals surface area contributed by atoms with Crippen molar-refractivity contribution in [1.29, 1.82) is 0 Å². The molecule has 3 rings (SSSR count). The molecule has 0 atom stereocenters. The lowest BCUT2D eigenvalue weighted by atomic mass is 9.99. The standard InChI is InChI=1S/C12H15NO4/c1-3-13-4-2-9(1)10(11-14-5-6-15-11)12-16-7-8-17-12/h1-4,10-12H,5-8H2. The fraction of sp³-hybridized carbons (Fsp3) is 0.583. The van der Waals surface area contributed by atoms with Crippen molar-refractivity contribution in [2.24, 2.45) is 0 Å². The first-order chi connectivity index (χ1) is 8.45. The van der Waals surface area contributed by atoms with Crippen LogP contribution in [0.25, 0.3) is 0 Å². The summed E-state index contributed by atoms with van der Waals surface area (Å²) in [4.78, 5) is 4.02. The minimum absolute atomic E-state index is 0.0528. The Morgan fingerprint density at radius 1 is 0.882 bits per heavy atom. The molecule has 0 radical (unpaired) electrons. The Labute approximate surface area is 99.6 Å². The van der Waals surface area contributed by atoms with Gasteiger partial charge in [0.2, 0.25) is 0 Å². The third-order valence-electron chi connectivity index (χ3n) is 2.97. The molecule has 2 aliphatic rings. The van der Waals surface area contributed by atoms with Crippen LogP contribution in [0.4, 0.5) is 0 Å². The molecule has 0 saturated carbocycles. The topological polar surface area (TPSA) is 49.8 Å². The van der Waals surface area contributed by atoms with Gasteiger partial charge in [-0.05, 0) is 17.7 Å². The summed E-state index contributed by atoms with van der Waals surface area (Å²) in [5.41, 5.74) is 1.07. The zero-order valence-corrected chi connectivity index (χ0v) is 9.45. The maximum Gasteiger partial charge on any atom is 0.169 e. The second kappa shape index (κ2) is 5.10. The van der Waals surface area contributed by atoms with Gasteiger partial charge in [0.1, 0.15) is 0 Å². The van der Waals surface area contributed by atoms with Crippen molar-refractivity contribution in [1.82, 2.24) is 4.98 Å². The predicted octanol–water partition coefficient (Wildman–Crippen LogP) is 0.911. The predicted molar refractivity (Wildman–Crippen MR) is 58.4 cm³/mol. The van der Waals surface area contributed by atoms with E-state index < -0.39 is 0 Å². The van der Waals surface area contributed by atoms with Gasteiger partial charge in [-0.2, -0.15) is 0 Å². The van der Waals surface area contributed by atoms with Crippen LogP contribution in [-0.2, 0) is 18.9 Å². The second-order valence-electron chi connectivity index (χ2n) is 4.03. The van der Waals surface area contributed by atoms with E-state index in [4.69, 9.17) is 18.9 Å². The second-order valence-corrected chi connectivity index (χ2v) is 4.03. The summed E-state index contributed by atoms with van der Waals surface area (Å²) >= 11 is 0. The number of hydrogen-bond donors (Lipinski definition) is 0. The van der Waals surface area contributed by atoms with E-state index in [0.29, 0.717) is 26.4 Å². The van der Waals surface area contributed by atoms with Crippen molar-refractivity contribution < 1.29 is 18.9 Å². The summed E-state index contributed by atoms with van der Waals surface area (Å²) < 4.78 is 22.3. The number of nitrogens with zero attached hydrogens (tertiary/aromatic N) is 1. The Kier molecular flexibility index (Phi) is 3.33. The van der Waals surface area contributed by atoms with Gasteiger partial charge in [0.25, 0.3) is 0 Å². The average molecular weight is 237 g/mol. The molecule has 1 aromatic heterocycles. The maximum absolute atomic E-state index is 5.58. The molecule has 17 heavy (non-hydrogen) atoms. The van der Waals surface area contributed by atoms with Gasteiger partial charge in [-0.1, -0.05) is 0 Å². The maximum atomic E-state index is 5.58. The Morgan fingerprint density at radius 2 is 1.35 bits per heavy atom. The van der Waals surface area contributed by atoms with Crippen LogP contribution in [0.3, 0.4) is 0 Å². The summed E-state index contributed by atoms with van der Waals surface area (Å²) in [6, 6.07) is 3.89. The van der Waals surface area contributed by atoms with Crippen LogP contribution in [0.1, 0.15) is 11.5 Å². The lowest BCUT2D eigenvalue weighted by Crippen LogP contribution is -2.31. The van der Waals surface area contributed by atoms with E-state index in [0.717, 1.165) is 5.56 Å². The van der Waals surface area contributed by atoms with E-state index in [-0.39, 0.29) is 18.5 Å². The van der Waals surface area contributed by atoms with Crippen molar-refractivity contribution in [2.75, 3.05) is 26.4 Å². The van der Waals surface area contributed by atoms with Gasteiger partial charge in [-0.3, -0.25) is 4.98 Å². The molecule has 1 aromatic rings. The average Bonchev–Trinajstić information content (AvgIpc) is 3.04. The van der Waals surface area contributed by atoms with Crippen molar-refractivity contribution in [3.05, 3.63) is 30.1 Å². The first-order valence-corrected chi connectivity index (χ1v) is 5.81. The molecule has 0 N–H and O–H groups in total. The normalized spacial score (nSPS) is 22.6. The molecular formula is C12H15NO4. The van der Waals surface area contributed by atoms with Gasteiger partial charge in [0, 0.05) is 12.4 Å². The fourth-order valence-electron chi connectivity index (χ4n) is 2.20. The van der Waals surface area contributed by atoms with E-state index in [1.807, 2.05) is 12.1 Å². The monoisotopic (exact) mass is 237 g/mol. The smallest absolute Gasteiger partial charge is 0.169 e. The van der Waals surface area contributed by atoms with Crippen LogP contribution in [0.15, 0.2) is 24.5 Å². The molecule has 0 amide bonds. The molecule has 0 aliphatic carbocycles. The highest BCUT2D eigenvalue weighted by Crippen LogP contribution is 2.32. The molecule has 5 heteroatoms. The zero-order chi connectivity index (χ0) is 11.5. The van der Waals surface area contributed by atoms with E-state index in [1.165, 1.54) is 0 Å². The SMILES string of the molecule is c1cc(C(C2OCCO2)C2OCCO2)ccn1. The molecule has 2 saturated heterocycles. The minimum Gasteiger partial charge on any atom is -0.349 e. The highest BCUT2D eigenvalue weighted by molar-refractivity contribution is 5.18. The van der Waals surface area contributed by atoms with Crippen LogP contribution in [0.5, 0.6) is 0 Å². The summed E-state index contributed by atoms with van der Waals surface area (Å²) in [7, 11) is 0. The Morgan fingerprint density at radius 3 is 1.82 bits per heavy atom. The van der Waals surface area contributed by atoms with Crippen molar-refractivity contribution in [3.63, 3.8) is 0 Å². The quantitative estimate of drug-likeness (QED) is 0.782. The third kappa shape index (κ3) is 2.32. The van der Waals surface area contributed by atoms with Crippen molar-refractivity contribution >= 4 is 0 Å².